The number of aryl methyl sites for hydroxylation is 1. The van der Waals surface area contributed by atoms with Gasteiger partial charge in [-0.05, 0) is 14.0 Å². The Labute approximate surface area is 76.4 Å². The second-order valence-electron chi connectivity index (χ2n) is 2.66. The Bertz CT molecular complexity index is 306. The molecule has 0 amide bonds. The number of carboxylic acid groups (broad SMARTS) is 1. The third-order valence-corrected chi connectivity index (χ3v) is 1.82. The average Bonchev–Trinajstić information content (AvgIpc) is 2.48. The summed E-state index contributed by atoms with van der Waals surface area (Å²) in [6.07, 6.45) is 1.39. The molecular formula is C8H13N3O2. The van der Waals surface area contributed by atoms with Crippen molar-refractivity contribution in [2.45, 2.75) is 20.0 Å². The topological polar surface area (TPSA) is 67.2 Å². The number of hydrogen-bond donors (Lipinski definition) is 2. The van der Waals surface area contributed by atoms with Gasteiger partial charge in [0.25, 0.3) is 0 Å². The Morgan fingerprint density at radius 1 is 1.77 bits per heavy atom. The molecule has 5 heteroatoms. The standard InChI is InChI=1S/C8H13N3O2/c1-3-11-7(5-9-2)6(4-10-11)8(12)13/h4,9H,3,5H2,1-2H3,(H,12,13). The third kappa shape index (κ3) is 1.86. The summed E-state index contributed by atoms with van der Waals surface area (Å²) in [4.78, 5) is 10.7. The van der Waals surface area contributed by atoms with Crippen molar-refractivity contribution in [1.29, 1.82) is 0 Å². The second-order valence-corrected chi connectivity index (χ2v) is 2.66. The van der Waals surface area contributed by atoms with Gasteiger partial charge in [0.05, 0.1) is 11.9 Å². The van der Waals surface area contributed by atoms with E-state index in [0.29, 0.717) is 13.1 Å². The molecule has 0 saturated carbocycles. The molecule has 0 atom stereocenters. The van der Waals surface area contributed by atoms with Gasteiger partial charge in [0, 0.05) is 13.1 Å². The lowest BCUT2D eigenvalue weighted by atomic mass is 10.2. The van der Waals surface area contributed by atoms with E-state index in [1.165, 1.54) is 6.20 Å². The number of nitrogens with one attached hydrogen (secondary N) is 1. The highest BCUT2D eigenvalue weighted by atomic mass is 16.4. The minimum Gasteiger partial charge on any atom is -0.478 e. The fourth-order valence-corrected chi connectivity index (χ4v) is 1.22. The molecule has 2 N–H and O–H groups in total. The summed E-state index contributed by atoms with van der Waals surface area (Å²) in [7, 11) is 1.78. The van der Waals surface area contributed by atoms with E-state index in [2.05, 4.69) is 10.4 Å². The quantitative estimate of drug-likeness (QED) is 0.705. The first-order valence-electron chi connectivity index (χ1n) is 4.13. The first kappa shape index (κ1) is 9.73. The normalized spacial score (nSPS) is 10.3. The lowest BCUT2D eigenvalue weighted by molar-refractivity contribution is 0.0695. The molecule has 1 aromatic heterocycles. The van der Waals surface area contributed by atoms with Gasteiger partial charge in [-0.2, -0.15) is 5.10 Å². The zero-order chi connectivity index (χ0) is 9.84. The van der Waals surface area contributed by atoms with Crippen LogP contribution in [-0.4, -0.2) is 27.9 Å². The largest absolute Gasteiger partial charge is 0.478 e. The summed E-state index contributed by atoms with van der Waals surface area (Å²) in [6, 6.07) is 0. The Morgan fingerprint density at radius 3 is 2.92 bits per heavy atom. The van der Waals surface area contributed by atoms with Crippen molar-refractivity contribution in [2.24, 2.45) is 0 Å². The van der Waals surface area contributed by atoms with E-state index >= 15 is 0 Å². The van der Waals surface area contributed by atoms with Gasteiger partial charge in [-0.25, -0.2) is 4.79 Å². The first-order valence-corrected chi connectivity index (χ1v) is 4.13. The molecule has 0 aliphatic heterocycles. The van der Waals surface area contributed by atoms with Crippen molar-refractivity contribution in [2.75, 3.05) is 7.05 Å². The van der Waals surface area contributed by atoms with Gasteiger partial charge in [-0.1, -0.05) is 0 Å². The molecular weight excluding hydrogens is 170 g/mol. The van der Waals surface area contributed by atoms with Crippen LogP contribution in [0.5, 0.6) is 0 Å². The first-order chi connectivity index (χ1) is 6.20. The number of aromatic carboxylic acids is 1. The van der Waals surface area contributed by atoms with Gasteiger partial charge in [0.15, 0.2) is 0 Å². The molecule has 0 saturated heterocycles. The zero-order valence-corrected chi connectivity index (χ0v) is 7.74. The molecule has 0 aliphatic carbocycles. The van der Waals surface area contributed by atoms with Crippen LogP contribution in [0.3, 0.4) is 0 Å². The van der Waals surface area contributed by atoms with Gasteiger partial charge >= 0.3 is 5.97 Å². The maximum atomic E-state index is 10.7. The van der Waals surface area contributed by atoms with E-state index in [0.717, 1.165) is 5.69 Å². The molecule has 0 radical (unpaired) electrons. The lowest BCUT2D eigenvalue weighted by Gasteiger charge is -2.04. The second kappa shape index (κ2) is 4.04. The van der Waals surface area contributed by atoms with Crippen LogP contribution in [0.4, 0.5) is 0 Å². The smallest absolute Gasteiger partial charge is 0.339 e. The molecule has 0 unspecified atom stereocenters. The van der Waals surface area contributed by atoms with Crippen molar-refractivity contribution in [1.82, 2.24) is 15.1 Å². The molecule has 5 nitrogen and oxygen atoms in total. The van der Waals surface area contributed by atoms with Crippen molar-refractivity contribution < 1.29 is 9.90 Å². The highest BCUT2D eigenvalue weighted by Gasteiger charge is 2.14. The van der Waals surface area contributed by atoms with E-state index in [-0.39, 0.29) is 5.56 Å². The van der Waals surface area contributed by atoms with Gasteiger partial charge in [-0.3, -0.25) is 4.68 Å². The summed E-state index contributed by atoms with van der Waals surface area (Å²) in [6.45, 7) is 3.14. The van der Waals surface area contributed by atoms with Crippen LogP contribution in [0.2, 0.25) is 0 Å². The molecule has 1 heterocycles. The Morgan fingerprint density at radius 2 is 2.46 bits per heavy atom. The number of carbonyl (C=O) groups is 1. The van der Waals surface area contributed by atoms with E-state index in [9.17, 15) is 4.79 Å². The molecule has 0 aromatic carbocycles. The Kier molecular flexibility index (Phi) is 3.02. The molecule has 1 aromatic rings. The minimum absolute atomic E-state index is 0.274. The number of hydrogen-bond acceptors (Lipinski definition) is 3. The maximum Gasteiger partial charge on any atom is 0.339 e. The highest BCUT2D eigenvalue weighted by Crippen LogP contribution is 2.08. The van der Waals surface area contributed by atoms with Gasteiger partial charge in [0.2, 0.25) is 0 Å². The van der Waals surface area contributed by atoms with Crippen LogP contribution in [0.15, 0.2) is 6.20 Å². The van der Waals surface area contributed by atoms with E-state index in [4.69, 9.17) is 5.11 Å². The maximum absolute atomic E-state index is 10.7. The predicted octanol–water partition coefficient (Wildman–Crippen LogP) is 0.321. The van der Waals surface area contributed by atoms with Gasteiger partial charge < -0.3 is 10.4 Å². The van der Waals surface area contributed by atoms with Crippen LogP contribution in [0, 0.1) is 0 Å². The summed E-state index contributed by atoms with van der Waals surface area (Å²) < 4.78 is 1.68. The fraction of sp³-hybridized carbons (Fsp3) is 0.500. The van der Waals surface area contributed by atoms with Crippen molar-refractivity contribution >= 4 is 5.97 Å². The molecule has 13 heavy (non-hydrogen) atoms. The van der Waals surface area contributed by atoms with Crippen molar-refractivity contribution in [3.8, 4) is 0 Å². The number of rotatable bonds is 4. The van der Waals surface area contributed by atoms with Crippen molar-refractivity contribution in [3.05, 3.63) is 17.5 Å². The SMILES string of the molecule is CCn1ncc(C(=O)O)c1CNC. The Hall–Kier alpha value is -1.36. The monoisotopic (exact) mass is 183 g/mol. The third-order valence-electron chi connectivity index (χ3n) is 1.82. The summed E-state index contributed by atoms with van der Waals surface area (Å²) in [5.41, 5.74) is 0.994. The number of carboxylic acids is 1. The molecule has 72 valence electrons. The number of nitrogens with zero attached hydrogens (tertiary/aromatic N) is 2. The Balaban J connectivity index is 3.06. The lowest BCUT2D eigenvalue weighted by Crippen LogP contribution is -2.14. The molecule has 0 bridgehead atoms. The average molecular weight is 183 g/mol. The van der Waals surface area contributed by atoms with E-state index in [1.54, 1.807) is 11.7 Å². The van der Waals surface area contributed by atoms with Crippen LogP contribution >= 0.6 is 0 Å². The van der Waals surface area contributed by atoms with Crippen LogP contribution in [0.1, 0.15) is 23.0 Å². The van der Waals surface area contributed by atoms with Gasteiger partial charge in [0.1, 0.15) is 5.56 Å². The van der Waals surface area contributed by atoms with Crippen molar-refractivity contribution in [3.63, 3.8) is 0 Å². The molecule has 1 rings (SSSR count). The predicted molar refractivity (Wildman–Crippen MR) is 47.6 cm³/mol. The summed E-state index contributed by atoms with van der Waals surface area (Å²) in [5, 5.41) is 15.7. The van der Waals surface area contributed by atoms with E-state index in [1.807, 2.05) is 6.92 Å². The van der Waals surface area contributed by atoms with E-state index < -0.39 is 5.97 Å². The van der Waals surface area contributed by atoms with Crippen LogP contribution in [0.25, 0.3) is 0 Å². The molecule has 0 spiro atoms. The summed E-state index contributed by atoms with van der Waals surface area (Å²) in [5.74, 6) is -0.926. The number of aromatic nitrogens is 2. The zero-order valence-electron chi connectivity index (χ0n) is 7.74. The minimum atomic E-state index is -0.926. The highest BCUT2D eigenvalue weighted by molar-refractivity contribution is 5.88. The van der Waals surface area contributed by atoms with Crippen LogP contribution in [-0.2, 0) is 13.1 Å². The summed E-state index contributed by atoms with van der Waals surface area (Å²) >= 11 is 0. The van der Waals surface area contributed by atoms with Gasteiger partial charge in [-0.15, -0.1) is 0 Å². The van der Waals surface area contributed by atoms with Crippen LogP contribution < -0.4 is 5.32 Å². The fourth-order valence-electron chi connectivity index (χ4n) is 1.22. The molecule has 0 fully saturated rings. The molecule has 0 aliphatic rings.